The molecule has 4 rings (SSSR count). The maximum atomic E-state index is 13.1. The SMILES string of the molecule is COc1ccc(CN2CCCN(S(=O)(=O)c3ccc4c(c3)C(=O)NC4=O)CC2)cc1. The maximum absolute atomic E-state index is 13.1. The molecule has 9 heteroatoms. The summed E-state index contributed by atoms with van der Waals surface area (Å²) in [5.74, 6) is -0.256. The highest BCUT2D eigenvalue weighted by Gasteiger charge is 2.32. The second-order valence-electron chi connectivity index (χ2n) is 7.37. The minimum atomic E-state index is -3.75. The van der Waals surface area contributed by atoms with Crippen LogP contribution in [0.1, 0.15) is 32.7 Å². The lowest BCUT2D eigenvalue weighted by molar-refractivity contribution is 0.0879. The van der Waals surface area contributed by atoms with Crippen molar-refractivity contribution in [3.05, 3.63) is 59.2 Å². The highest BCUT2D eigenvalue weighted by Crippen LogP contribution is 2.24. The van der Waals surface area contributed by atoms with Crippen molar-refractivity contribution in [3.63, 3.8) is 0 Å². The average Bonchev–Trinajstić information content (AvgIpc) is 2.90. The Labute approximate surface area is 175 Å². The Morgan fingerprint density at radius 1 is 0.933 bits per heavy atom. The van der Waals surface area contributed by atoms with Crippen LogP contribution in [0.2, 0.25) is 0 Å². The molecule has 2 aliphatic heterocycles. The molecule has 2 aliphatic rings. The van der Waals surface area contributed by atoms with Crippen molar-refractivity contribution >= 4 is 21.8 Å². The van der Waals surface area contributed by atoms with Crippen LogP contribution in [0.4, 0.5) is 0 Å². The number of nitrogens with one attached hydrogen (secondary N) is 1. The Balaban J connectivity index is 1.46. The number of carbonyl (C=O) groups excluding carboxylic acids is 2. The van der Waals surface area contributed by atoms with Crippen LogP contribution >= 0.6 is 0 Å². The van der Waals surface area contributed by atoms with E-state index in [-0.39, 0.29) is 16.0 Å². The van der Waals surface area contributed by atoms with Crippen LogP contribution in [-0.2, 0) is 16.6 Å². The van der Waals surface area contributed by atoms with Gasteiger partial charge in [0.05, 0.1) is 23.1 Å². The Morgan fingerprint density at radius 2 is 1.67 bits per heavy atom. The molecule has 0 spiro atoms. The van der Waals surface area contributed by atoms with Gasteiger partial charge in [-0.3, -0.25) is 19.8 Å². The number of sulfonamides is 1. The lowest BCUT2D eigenvalue weighted by Gasteiger charge is -2.22. The number of nitrogens with zero attached hydrogens (tertiary/aromatic N) is 2. The first-order valence-electron chi connectivity index (χ1n) is 9.73. The first kappa shape index (κ1) is 20.5. The van der Waals surface area contributed by atoms with Crippen LogP contribution in [0.3, 0.4) is 0 Å². The van der Waals surface area contributed by atoms with Gasteiger partial charge in [0, 0.05) is 26.2 Å². The summed E-state index contributed by atoms with van der Waals surface area (Å²) in [5.41, 5.74) is 1.46. The molecule has 0 atom stereocenters. The Hall–Kier alpha value is -2.75. The van der Waals surface area contributed by atoms with Gasteiger partial charge < -0.3 is 4.74 Å². The molecule has 0 aliphatic carbocycles. The first-order valence-corrected chi connectivity index (χ1v) is 11.2. The molecule has 30 heavy (non-hydrogen) atoms. The molecule has 8 nitrogen and oxygen atoms in total. The number of amides is 2. The third-order valence-electron chi connectivity index (χ3n) is 5.46. The zero-order chi connectivity index (χ0) is 21.3. The molecule has 0 unspecified atom stereocenters. The summed E-state index contributed by atoms with van der Waals surface area (Å²) in [5, 5.41) is 2.19. The Morgan fingerprint density at radius 3 is 2.40 bits per heavy atom. The number of hydrogen-bond donors (Lipinski definition) is 1. The quantitative estimate of drug-likeness (QED) is 0.724. The summed E-state index contributed by atoms with van der Waals surface area (Å²) < 4.78 is 32.9. The zero-order valence-corrected chi connectivity index (χ0v) is 17.4. The molecule has 0 bridgehead atoms. The molecule has 1 N–H and O–H groups in total. The third kappa shape index (κ3) is 3.96. The number of carbonyl (C=O) groups is 2. The highest BCUT2D eigenvalue weighted by atomic mass is 32.2. The second-order valence-corrected chi connectivity index (χ2v) is 9.31. The van der Waals surface area contributed by atoms with E-state index in [1.165, 1.54) is 22.5 Å². The van der Waals surface area contributed by atoms with E-state index in [1.807, 2.05) is 24.3 Å². The van der Waals surface area contributed by atoms with Crippen LogP contribution in [0, 0.1) is 0 Å². The summed E-state index contributed by atoms with van der Waals surface area (Å²) in [6.45, 7) is 2.90. The largest absolute Gasteiger partial charge is 0.497 e. The van der Waals surface area contributed by atoms with Crippen LogP contribution in [0.15, 0.2) is 47.4 Å². The van der Waals surface area contributed by atoms with Crippen molar-refractivity contribution in [2.24, 2.45) is 0 Å². The van der Waals surface area contributed by atoms with E-state index in [9.17, 15) is 18.0 Å². The molecular formula is C21H23N3O5S. The van der Waals surface area contributed by atoms with Gasteiger partial charge in [0.15, 0.2) is 0 Å². The smallest absolute Gasteiger partial charge is 0.258 e. The average molecular weight is 429 g/mol. The van der Waals surface area contributed by atoms with Gasteiger partial charge in [0.2, 0.25) is 10.0 Å². The van der Waals surface area contributed by atoms with Gasteiger partial charge in [-0.15, -0.1) is 0 Å². The zero-order valence-electron chi connectivity index (χ0n) is 16.6. The van der Waals surface area contributed by atoms with E-state index in [0.29, 0.717) is 26.1 Å². The highest BCUT2D eigenvalue weighted by molar-refractivity contribution is 7.89. The minimum absolute atomic E-state index is 0.0368. The molecule has 2 aromatic rings. The fourth-order valence-electron chi connectivity index (χ4n) is 3.79. The third-order valence-corrected chi connectivity index (χ3v) is 7.35. The molecular weight excluding hydrogens is 406 g/mol. The van der Waals surface area contributed by atoms with E-state index in [0.717, 1.165) is 24.4 Å². The summed E-state index contributed by atoms with van der Waals surface area (Å²) in [7, 11) is -2.13. The Kier molecular flexibility index (Phi) is 5.59. The molecule has 2 aromatic carbocycles. The molecule has 1 fully saturated rings. The number of imide groups is 1. The molecule has 1 saturated heterocycles. The van der Waals surface area contributed by atoms with Crippen molar-refractivity contribution in [2.45, 2.75) is 17.9 Å². The van der Waals surface area contributed by atoms with Crippen molar-refractivity contribution in [2.75, 3.05) is 33.3 Å². The van der Waals surface area contributed by atoms with Gasteiger partial charge >= 0.3 is 0 Å². The Bertz CT molecular complexity index is 1080. The topological polar surface area (TPSA) is 96.0 Å². The summed E-state index contributed by atoms with van der Waals surface area (Å²) in [6.07, 6.45) is 0.708. The standard InChI is InChI=1S/C21H23N3O5S/c1-29-16-5-3-15(4-6-16)14-23-9-2-10-24(12-11-23)30(27,28)17-7-8-18-19(13-17)21(26)22-20(18)25/h3-8,13H,2,9-12,14H2,1H3,(H,22,25,26). The number of fused-ring (bicyclic) bond motifs is 1. The number of hydrogen-bond acceptors (Lipinski definition) is 6. The maximum Gasteiger partial charge on any atom is 0.258 e. The predicted octanol–water partition coefficient (Wildman–Crippen LogP) is 1.48. The lowest BCUT2D eigenvalue weighted by Crippen LogP contribution is -2.35. The van der Waals surface area contributed by atoms with Crippen molar-refractivity contribution in [1.82, 2.24) is 14.5 Å². The van der Waals surface area contributed by atoms with Gasteiger partial charge in [-0.05, 0) is 48.9 Å². The number of ether oxygens (including phenoxy) is 1. The fraction of sp³-hybridized carbons (Fsp3) is 0.333. The van der Waals surface area contributed by atoms with E-state index in [1.54, 1.807) is 7.11 Å². The molecule has 0 aromatic heterocycles. The predicted molar refractivity (Wildman–Crippen MR) is 110 cm³/mol. The molecule has 158 valence electrons. The minimum Gasteiger partial charge on any atom is -0.497 e. The second kappa shape index (κ2) is 8.17. The van der Waals surface area contributed by atoms with E-state index in [4.69, 9.17) is 4.74 Å². The fourth-order valence-corrected chi connectivity index (χ4v) is 5.29. The number of rotatable bonds is 5. The van der Waals surface area contributed by atoms with Crippen LogP contribution in [0.25, 0.3) is 0 Å². The molecule has 2 heterocycles. The molecule has 0 radical (unpaired) electrons. The number of methoxy groups -OCH3 is 1. The molecule has 2 amide bonds. The van der Waals surface area contributed by atoms with Crippen LogP contribution in [0.5, 0.6) is 5.75 Å². The van der Waals surface area contributed by atoms with Gasteiger partial charge in [-0.1, -0.05) is 12.1 Å². The normalized spacial score (nSPS) is 18.0. The summed E-state index contributed by atoms with van der Waals surface area (Å²) >= 11 is 0. The lowest BCUT2D eigenvalue weighted by atomic mass is 10.1. The van der Waals surface area contributed by atoms with Crippen molar-refractivity contribution in [1.29, 1.82) is 0 Å². The van der Waals surface area contributed by atoms with Gasteiger partial charge in [-0.2, -0.15) is 4.31 Å². The van der Waals surface area contributed by atoms with E-state index in [2.05, 4.69) is 10.2 Å². The van der Waals surface area contributed by atoms with Gasteiger partial charge in [0.1, 0.15) is 5.75 Å². The van der Waals surface area contributed by atoms with Crippen molar-refractivity contribution in [3.8, 4) is 5.75 Å². The van der Waals surface area contributed by atoms with Crippen LogP contribution in [-0.4, -0.2) is 62.7 Å². The van der Waals surface area contributed by atoms with E-state index >= 15 is 0 Å². The summed E-state index contributed by atoms with van der Waals surface area (Å²) in [6, 6.07) is 11.9. The molecule has 0 saturated carbocycles. The summed E-state index contributed by atoms with van der Waals surface area (Å²) in [4.78, 5) is 25.9. The monoisotopic (exact) mass is 429 g/mol. The van der Waals surface area contributed by atoms with Crippen LogP contribution < -0.4 is 10.1 Å². The number of benzene rings is 2. The van der Waals surface area contributed by atoms with Crippen molar-refractivity contribution < 1.29 is 22.7 Å². The van der Waals surface area contributed by atoms with E-state index < -0.39 is 21.8 Å². The van der Waals surface area contributed by atoms with Gasteiger partial charge in [0.25, 0.3) is 11.8 Å². The van der Waals surface area contributed by atoms with Gasteiger partial charge in [-0.25, -0.2) is 8.42 Å². The first-order chi connectivity index (χ1) is 14.4.